The molecule has 1 unspecified atom stereocenters. The summed E-state index contributed by atoms with van der Waals surface area (Å²) in [6.45, 7) is 2.12. The molecule has 2 N–H and O–H groups in total. The van der Waals surface area contributed by atoms with E-state index in [-0.39, 0.29) is 12.5 Å². The van der Waals surface area contributed by atoms with Crippen LogP contribution in [0.15, 0.2) is 30.3 Å². The van der Waals surface area contributed by atoms with Gasteiger partial charge in [0.1, 0.15) is 0 Å². The summed E-state index contributed by atoms with van der Waals surface area (Å²) < 4.78 is 0. The molecule has 1 amide bonds. The molecule has 0 spiro atoms. The largest absolute Gasteiger partial charge is 0.391 e. The average Bonchev–Trinajstić information content (AvgIpc) is 2.35. The monoisotopic (exact) mass is 253 g/mol. The first kappa shape index (κ1) is 13.7. The van der Waals surface area contributed by atoms with E-state index in [1.54, 1.807) is 12.1 Å². The number of aliphatic hydroxyl groups is 1. The van der Waals surface area contributed by atoms with Gasteiger partial charge in [0.05, 0.1) is 6.10 Å². The van der Waals surface area contributed by atoms with Crippen molar-refractivity contribution in [1.82, 2.24) is 5.32 Å². The molecule has 0 saturated heterocycles. The van der Waals surface area contributed by atoms with Gasteiger partial charge in [-0.3, -0.25) is 4.79 Å². The molecule has 1 aromatic rings. The highest BCUT2D eigenvalue weighted by atomic mass is 35.5. The topological polar surface area (TPSA) is 49.3 Å². The standard InChI is InChI=1S/C13H16ClNO2/c1-2-11(16)9-15-13(17)8-7-10-5-3-4-6-12(10)14/h3-8,11,16H,2,9H2,1H3,(H,15,17)/b8-7+. The van der Waals surface area contributed by atoms with Crippen LogP contribution in [0.1, 0.15) is 18.9 Å². The molecule has 0 fully saturated rings. The first-order valence-corrected chi connectivity index (χ1v) is 5.89. The van der Waals surface area contributed by atoms with Crippen molar-refractivity contribution in [3.8, 4) is 0 Å². The molecule has 0 radical (unpaired) electrons. The fourth-order valence-corrected chi connectivity index (χ4v) is 1.40. The van der Waals surface area contributed by atoms with Crippen molar-refractivity contribution in [2.24, 2.45) is 0 Å². The van der Waals surface area contributed by atoms with Gasteiger partial charge < -0.3 is 10.4 Å². The average molecular weight is 254 g/mol. The molecule has 3 nitrogen and oxygen atoms in total. The molecule has 4 heteroatoms. The number of nitrogens with one attached hydrogen (secondary N) is 1. The zero-order valence-corrected chi connectivity index (χ0v) is 10.4. The van der Waals surface area contributed by atoms with Crippen LogP contribution in [0.2, 0.25) is 5.02 Å². The molecule has 0 heterocycles. The van der Waals surface area contributed by atoms with Crippen LogP contribution in [0.5, 0.6) is 0 Å². The number of carbonyl (C=O) groups excluding carboxylic acids is 1. The Bertz CT molecular complexity index is 404. The summed E-state index contributed by atoms with van der Waals surface area (Å²) in [5.41, 5.74) is 0.792. The van der Waals surface area contributed by atoms with Crippen molar-refractivity contribution in [2.75, 3.05) is 6.54 Å². The third kappa shape index (κ3) is 5.02. The second-order valence-electron chi connectivity index (χ2n) is 3.66. The molecule has 0 aliphatic heterocycles. The van der Waals surface area contributed by atoms with Crippen LogP contribution < -0.4 is 5.32 Å². The van der Waals surface area contributed by atoms with Crippen LogP contribution in [0.25, 0.3) is 6.08 Å². The lowest BCUT2D eigenvalue weighted by atomic mass is 10.2. The minimum atomic E-state index is -0.493. The van der Waals surface area contributed by atoms with Crippen molar-refractivity contribution >= 4 is 23.6 Å². The van der Waals surface area contributed by atoms with Gasteiger partial charge >= 0.3 is 0 Å². The molecule has 1 atom stereocenters. The lowest BCUT2D eigenvalue weighted by molar-refractivity contribution is -0.116. The maximum Gasteiger partial charge on any atom is 0.244 e. The van der Waals surface area contributed by atoms with Crippen LogP contribution in [-0.2, 0) is 4.79 Å². The van der Waals surface area contributed by atoms with Crippen LogP contribution in [0, 0.1) is 0 Å². The minimum Gasteiger partial charge on any atom is -0.391 e. The van der Waals surface area contributed by atoms with E-state index in [0.29, 0.717) is 11.4 Å². The molecule has 1 aromatic carbocycles. The predicted molar refractivity (Wildman–Crippen MR) is 69.8 cm³/mol. The molecule has 17 heavy (non-hydrogen) atoms. The number of rotatable bonds is 5. The molecule has 1 rings (SSSR count). The van der Waals surface area contributed by atoms with Crippen LogP contribution in [0.4, 0.5) is 0 Å². The molecule has 0 saturated carbocycles. The van der Waals surface area contributed by atoms with Crippen LogP contribution >= 0.6 is 11.6 Å². The van der Waals surface area contributed by atoms with Crippen molar-refractivity contribution < 1.29 is 9.90 Å². The maximum atomic E-state index is 11.4. The summed E-state index contributed by atoms with van der Waals surface area (Å²) in [7, 11) is 0. The fraction of sp³-hybridized carbons (Fsp3) is 0.308. The Balaban J connectivity index is 2.49. The number of halogens is 1. The highest BCUT2D eigenvalue weighted by Gasteiger charge is 2.02. The molecule has 0 bridgehead atoms. The Morgan fingerprint density at radius 2 is 2.24 bits per heavy atom. The highest BCUT2D eigenvalue weighted by Crippen LogP contribution is 2.15. The zero-order chi connectivity index (χ0) is 12.7. The molecule has 0 aromatic heterocycles. The van der Waals surface area contributed by atoms with Gasteiger partial charge in [-0.15, -0.1) is 0 Å². The summed E-state index contributed by atoms with van der Waals surface area (Å²) in [4.78, 5) is 11.4. The van der Waals surface area contributed by atoms with Crippen LogP contribution in [-0.4, -0.2) is 23.7 Å². The Labute approximate surface area is 106 Å². The fourth-order valence-electron chi connectivity index (χ4n) is 1.20. The van der Waals surface area contributed by atoms with Gasteiger partial charge in [0.25, 0.3) is 0 Å². The number of amides is 1. The quantitative estimate of drug-likeness (QED) is 0.791. The van der Waals surface area contributed by atoms with E-state index < -0.39 is 6.10 Å². The van der Waals surface area contributed by atoms with Crippen molar-refractivity contribution in [1.29, 1.82) is 0 Å². The Kier molecular flexibility index (Phi) is 5.73. The summed E-state index contributed by atoms with van der Waals surface area (Å²) >= 11 is 5.93. The number of benzene rings is 1. The van der Waals surface area contributed by atoms with E-state index in [1.165, 1.54) is 6.08 Å². The van der Waals surface area contributed by atoms with E-state index >= 15 is 0 Å². The summed E-state index contributed by atoms with van der Waals surface area (Å²) in [6.07, 6.45) is 3.18. The highest BCUT2D eigenvalue weighted by molar-refractivity contribution is 6.32. The molecule has 0 aliphatic rings. The van der Waals surface area contributed by atoms with Crippen molar-refractivity contribution in [3.63, 3.8) is 0 Å². The van der Waals surface area contributed by atoms with E-state index in [4.69, 9.17) is 11.6 Å². The Hall–Kier alpha value is -1.32. The zero-order valence-electron chi connectivity index (χ0n) is 9.69. The Morgan fingerprint density at radius 1 is 1.53 bits per heavy atom. The minimum absolute atomic E-state index is 0.239. The second-order valence-corrected chi connectivity index (χ2v) is 4.07. The molecular weight excluding hydrogens is 238 g/mol. The van der Waals surface area contributed by atoms with Gasteiger partial charge in [-0.1, -0.05) is 36.7 Å². The predicted octanol–water partition coefficient (Wildman–Crippen LogP) is 2.24. The third-order valence-electron chi connectivity index (χ3n) is 2.30. The lowest BCUT2D eigenvalue weighted by Gasteiger charge is -2.07. The van der Waals surface area contributed by atoms with Crippen molar-refractivity contribution in [3.05, 3.63) is 40.9 Å². The molecule has 0 aliphatic carbocycles. The first-order chi connectivity index (χ1) is 8.13. The Morgan fingerprint density at radius 3 is 2.88 bits per heavy atom. The van der Waals surface area contributed by atoms with Gasteiger partial charge in [-0.05, 0) is 24.1 Å². The van der Waals surface area contributed by atoms with Crippen LogP contribution in [0.3, 0.4) is 0 Å². The summed E-state index contributed by atoms with van der Waals surface area (Å²) in [5, 5.41) is 12.5. The SMILES string of the molecule is CCC(O)CNC(=O)/C=C/c1ccccc1Cl. The maximum absolute atomic E-state index is 11.4. The number of hydrogen-bond acceptors (Lipinski definition) is 2. The van der Waals surface area contributed by atoms with Gasteiger partial charge in [-0.25, -0.2) is 0 Å². The number of hydrogen-bond donors (Lipinski definition) is 2. The van der Waals surface area contributed by atoms with E-state index in [2.05, 4.69) is 5.32 Å². The number of aliphatic hydroxyl groups excluding tert-OH is 1. The first-order valence-electron chi connectivity index (χ1n) is 5.52. The van der Waals surface area contributed by atoms with Gasteiger partial charge in [0, 0.05) is 17.6 Å². The molecule has 92 valence electrons. The van der Waals surface area contributed by atoms with Gasteiger partial charge in [0.15, 0.2) is 0 Å². The summed E-state index contributed by atoms with van der Waals surface area (Å²) in [5.74, 6) is -0.239. The number of carbonyl (C=O) groups is 1. The second kappa shape index (κ2) is 7.09. The summed E-state index contributed by atoms with van der Waals surface area (Å²) in [6, 6.07) is 7.27. The third-order valence-corrected chi connectivity index (χ3v) is 2.65. The van der Waals surface area contributed by atoms with E-state index in [1.807, 2.05) is 25.1 Å². The normalized spacial score (nSPS) is 12.6. The van der Waals surface area contributed by atoms with Gasteiger partial charge in [0.2, 0.25) is 5.91 Å². The lowest BCUT2D eigenvalue weighted by Crippen LogP contribution is -2.30. The van der Waals surface area contributed by atoms with Gasteiger partial charge in [-0.2, -0.15) is 0 Å². The van der Waals surface area contributed by atoms with Crippen molar-refractivity contribution in [2.45, 2.75) is 19.4 Å². The van der Waals surface area contributed by atoms with E-state index in [9.17, 15) is 9.90 Å². The molecular formula is C13H16ClNO2. The smallest absolute Gasteiger partial charge is 0.244 e. The van der Waals surface area contributed by atoms with E-state index in [0.717, 1.165) is 5.56 Å².